The van der Waals surface area contributed by atoms with Crippen molar-refractivity contribution in [1.82, 2.24) is 15.5 Å². The summed E-state index contributed by atoms with van der Waals surface area (Å²) < 4.78 is 51.4. The lowest BCUT2D eigenvalue weighted by Gasteiger charge is -2.33. The lowest BCUT2D eigenvalue weighted by atomic mass is 9.82. The van der Waals surface area contributed by atoms with Gasteiger partial charge in [0.1, 0.15) is 5.75 Å². The Labute approximate surface area is 191 Å². The van der Waals surface area contributed by atoms with Crippen LogP contribution in [0.15, 0.2) is 35.0 Å². The first kappa shape index (κ1) is 23.5. The summed E-state index contributed by atoms with van der Waals surface area (Å²) in [6.45, 7) is 3.81. The van der Waals surface area contributed by atoms with E-state index in [1.54, 1.807) is 18.2 Å². The zero-order valence-corrected chi connectivity index (χ0v) is 18.0. The third-order valence-corrected chi connectivity index (χ3v) is 5.75. The summed E-state index contributed by atoms with van der Waals surface area (Å²) in [6.07, 6.45) is -6.33. The molecule has 4 rings (SSSR count). The van der Waals surface area contributed by atoms with Gasteiger partial charge in [-0.25, -0.2) is 0 Å². The van der Waals surface area contributed by atoms with Gasteiger partial charge in [0.05, 0.1) is 12.2 Å². The highest BCUT2D eigenvalue weighted by Gasteiger charge is 2.42. The fourth-order valence-corrected chi connectivity index (χ4v) is 3.93. The predicted octanol–water partition coefficient (Wildman–Crippen LogP) is 3.95. The quantitative estimate of drug-likeness (QED) is 0.609. The van der Waals surface area contributed by atoms with E-state index in [4.69, 9.17) is 20.9 Å². The van der Waals surface area contributed by atoms with E-state index in [0.29, 0.717) is 34.3 Å². The second-order valence-electron chi connectivity index (χ2n) is 8.03. The Bertz CT molecular complexity index is 1040. The first-order chi connectivity index (χ1) is 15.6. The Hall–Kier alpha value is -2.63. The predicted molar refractivity (Wildman–Crippen MR) is 108 cm³/mol. The number of aromatic nitrogens is 2. The van der Waals surface area contributed by atoms with Crippen molar-refractivity contribution in [1.29, 1.82) is 0 Å². The van der Waals surface area contributed by atoms with Crippen LogP contribution in [0.4, 0.5) is 13.2 Å². The fourth-order valence-electron chi connectivity index (χ4n) is 3.75. The number of halogens is 4. The number of hydrogen-bond donors (Lipinski definition) is 2. The van der Waals surface area contributed by atoms with Crippen LogP contribution in [0.25, 0.3) is 0 Å². The van der Waals surface area contributed by atoms with Crippen molar-refractivity contribution >= 4 is 17.5 Å². The van der Waals surface area contributed by atoms with Crippen molar-refractivity contribution in [2.45, 2.75) is 62.7 Å². The minimum absolute atomic E-state index is 0.0694. The monoisotopic (exact) mass is 487 g/mol. The number of nitrogens with one attached hydrogen (secondary N) is 1. The zero-order valence-electron chi connectivity index (χ0n) is 17.3. The Morgan fingerprint density at radius 2 is 2.09 bits per heavy atom. The van der Waals surface area contributed by atoms with Gasteiger partial charge in [-0.15, -0.1) is 13.2 Å². The van der Waals surface area contributed by atoms with Crippen LogP contribution in [-0.2, 0) is 16.0 Å². The Balaban J connectivity index is 1.23. The van der Waals surface area contributed by atoms with Gasteiger partial charge in [-0.05, 0) is 37.5 Å². The third-order valence-electron chi connectivity index (χ3n) is 5.51. The van der Waals surface area contributed by atoms with Crippen LogP contribution in [0, 0.1) is 0 Å². The van der Waals surface area contributed by atoms with Crippen LogP contribution in [0.2, 0.25) is 5.02 Å². The van der Waals surface area contributed by atoms with Crippen LogP contribution < -0.4 is 10.1 Å². The number of rotatable bonds is 7. The molecule has 1 aromatic heterocycles. The molecule has 178 valence electrons. The number of allylic oxidation sites excluding steroid dienone is 1. The molecule has 2 aromatic rings. The lowest BCUT2D eigenvalue weighted by molar-refractivity contribution is -0.352. The van der Waals surface area contributed by atoms with Gasteiger partial charge in [-0.2, -0.15) is 4.98 Å². The highest BCUT2D eigenvalue weighted by Crippen LogP contribution is 2.40. The molecule has 0 radical (unpaired) electrons. The molecule has 2 atom stereocenters. The number of nitrogens with zero attached hydrogens (tertiary/aromatic N) is 2. The maximum absolute atomic E-state index is 12.5. The van der Waals surface area contributed by atoms with Gasteiger partial charge < -0.3 is 19.7 Å². The molecule has 2 heterocycles. The van der Waals surface area contributed by atoms with Crippen molar-refractivity contribution in [2.75, 3.05) is 0 Å². The molecule has 1 fully saturated rings. The van der Waals surface area contributed by atoms with Gasteiger partial charge in [0.25, 0.3) is 5.91 Å². The van der Waals surface area contributed by atoms with E-state index in [1.165, 1.54) is 0 Å². The summed E-state index contributed by atoms with van der Waals surface area (Å²) in [4.78, 5) is 16.7. The molecule has 8 nitrogen and oxygen atoms in total. The summed E-state index contributed by atoms with van der Waals surface area (Å²) in [5.74, 6) is 0.323. The van der Waals surface area contributed by atoms with Crippen LogP contribution in [0.1, 0.15) is 55.0 Å². The largest absolute Gasteiger partial charge is 0.522 e. The lowest BCUT2D eigenvalue weighted by Crippen LogP contribution is -2.41. The molecule has 1 amide bonds. The summed E-state index contributed by atoms with van der Waals surface area (Å²) in [5, 5.41) is 17.2. The van der Waals surface area contributed by atoms with E-state index in [0.717, 1.165) is 0 Å². The van der Waals surface area contributed by atoms with Crippen LogP contribution in [0.5, 0.6) is 5.75 Å². The van der Waals surface area contributed by atoms with Gasteiger partial charge in [0.15, 0.2) is 11.9 Å². The van der Waals surface area contributed by atoms with E-state index >= 15 is 0 Å². The van der Waals surface area contributed by atoms with Crippen LogP contribution in [0.3, 0.4) is 0 Å². The molecule has 1 aliphatic heterocycles. The van der Waals surface area contributed by atoms with Gasteiger partial charge in [0.2, 0.25) is 5.89 Å². The molecule has 2 N–H and O–H groups in total. The summed E-state index contributed by atoms with van der Waals surface area (Å²) in [6, 6.07) is 4.81. The van der Waals surface area contributed by atoms with E-state index in [1.807, 2.05) is 0 Å². The molecule has 0 spiro atoms. The molecule has 1 aliphatic carbocycles. The molecular formula is C21H21ClF3N3O5. The van der Waals surface area contributed by atoms with Gasteiger partial charge >= 0.3 is 6.36 Å². The van der Waals surface area contributed by atoms with E-state index in [-0.39, 0.29) is 37.5 Å². The second-order valence-corrected chi connectivity index (χ2v) is 8.47. The molecule has 12 heteroatoms. The minimum atomic E-state index is -4.65. The Kier molecular flexibility index (Phi) is 6.64. The Morgan fingerprint density at radius 3 is 2.82 bits per heavy atom. The standard InChI is InChI=1S/C21H21ClF3N3O5/c1-10(26-20(30)17-9-15(29)14-8-12(22)3-4-16(14)31-17)2-5-18-27-19(28-33-18)11-6-13(7-11)32-21(23,24)25/h3-4,8,11,13,15,17,29H,1-2,5-7,9H2,(H,26,30)/t11?,13?,15-,17-/m1/s1. The molecule has 0 unspecified atom stereocenters. The second kappa shape index (κ2) is 9.32. The SMILES string of the molecule is C=C(CCc1nc(C2CC(OC(F)(F)F)C2)no1)NC(=O)[C@H]1C[C@@H](O)c2cc(Cl)ccc2O1. The number of alkyl halides is 3. The van der Waals surface area contributed by atoms with Crippen LogP contribution in [-0.4, -0.2) is 39.7 Å². The van der Waals surface area contributed by atoms with E-state index in [9.17, 15) is 23.1 Å². The van der Waals surface area contributed by atoms with Crippen molar-refractivity contribution in [3.05, 3.63) is 52.8 Å². The zero-order chi connectivity index (χ0) is 23.8. The smallest absolute Gasteiger partial charge is 0.480 e. The van der Waals surface area contributed by atoms with Crippen molar-refractivity contribution in [3.8, 4) is 5.75 Å². The maximum atomic E-state index is 12.5. The molecule has 0 saturated heterocycles. The van der Waals surface area contributed by atoms with E-state index in [2.05, 4.69) is 26.8 Å². The minimum Gasteiger partial charge on any atom is -0.480 e. The van der Waals surface area contributed by atoms with Gasteiger partial charge in [-0.1, -0.05) is 23.3 Å². The normalized spacial score (nSPS) is 24.4. The summed E-state index contributed by atoms with van der Waals surface area (Å²) in [5.41, 5.74) is 0.919. The number of benzene rings is 1. The number of carbonyl (C=O) groups is 1. The van der Waals surface area contributed by atoms with Crippen molar-refractivity contribution < 1.29 is 37.1 Å². The number of aryl methyl sites for hydroxylation is 1. The average molecular weight is 488 g/mol. The van der Waals surface area contributed by atoms with E-state index < -0.39 is 30.6 Å². The Morgan fingerprint density at radius 1 is 1.33 bits per heavy atom. The number of aliphatic hydroxyl groups is 1. The highest BCUT2D eigenvalue weighted by atomic mass is 35.5. The van der Waals surface area contributed by atoms with Crippen molar-refractivity contribution in [3.63, 3.8) is 0 Å². The third kappa shape index (κ3) is 5.84. The number of amides is 1. The molecule has 33 heavy (non-hydrogen) atoms. The number of hydrogen-bond acceptors (Lipinski definition) is 7. The molecule has 1 aromatic carbocycles. The number of ether oxygens (including phenoxy) is 2. The first-order valence-electron chi connectivity index (χ1n) is 10.3. The fraction of sp³-hybridized carbons (Fsp3) is 0.476. The van der Waals surface area contributed by atoms with Gasteiger partial charge in [0, 0.05) is 35.0 Å². The molecular weight excluding hydrogens is 467 g/mol. The molecule has 2 aliphatic rings. The summed E-state index contributed by atoms with van der Waals surface area (Å²) in [7, 11) is 0. The number of fused-ring (bicyclic) bond motifs is 1. The number of aliphatic hydroxyl groups excluding tert-OH is 1. The molecule has 1 saturated carbocycles. The first-order valence-corrected chi connectivity index (χ1v) is 10.6. The topological polar surface area (TPSA) is 107 Å². The number of carbonyl (C=O) groups excluding carboxylic acids is 1. The van der Waals surface area contributed by atoms with Crippen LogP contribution >= 0.6 is 11.6 Å². The van der Waals surface area contributed by atoms with Crippen molar-refractivity contribution in [2.24, 2.45) is 0 Å². The summed E-state index contributed by atoms with van der Waals surface area (Å²) >= 11 is 5.93. The maximum Gasteiger partial charge on any atom is 0.522 e. The highest BCUT2D eigenvalue weighted by molar-refractivity contribution is 6.30. The molecule has 0 bridgehead atoms. The van der Waals surface area contributed by atoms with Gasteiger partial charge in [-0.3, -0.25) is 9.53 Å². The average Bonchev–Trinajstić information content (AvgIpc) is 3.17.